The van der Waals surface area contributed by atoms with E-state index in [0.29, 0.717) is 12.5 Å². The van der Waals surface area contributed by atoms with Crippen molar-refractivity contribution >= 4 is 21.6 Å². The first kappa shape index (κ1) is 12.9. The van der Waals surface area contributed by atoms with E-state index >= 15 is 0 Å². The molecule has 3 nitrogen and oxygen atoms in total. The SMILES string of the molecule is Cc1cc(Br)cnc1OCCc1ccccc1N. The van der Waals surface area contributed by atoms with Crippen LogP contribution in [0.1, 0.15) is 11.1 Å². The zero-order valence-electron chi connectivity index (χ0n) is 10.2. The molecule has 94 valence electrons. The van der Waals surface area contributed by atoms with Crippen molar-refractivity contribution in [3.63, 3.8) is 0 Å². The number of rotatable bonds is 4. The number of para-hydroxylation sites is 1. The Labute approximate surface area is 115 Å². The molecule has 2 rings (SSSR count). The van der Waals surface area contributed by atoms with Gasteiger partial charge in [-0.05, 0) is 40.5 Å². The van der Waals surface area contributed by atoms with Crippen LogP contribution < -0.4 is 10.5 Å². The summed E-state index contributed by atoms with van der Waals surface area (Å²) < 4.78 is 6.62. The number of aromatic nitrogens is 1. The highest BCUT2D eigenvalue weighted by atomic mass is 79.9. The fraction of sp³-hybridized carbons (Fsp3) is 0.214. The molecule has 2 N–H and O–H groups in total. The van der Waals surface area contributed by atoms with Crippen molar-refractivity contribution < 1.29 is 4.74 Å². The third kappa shape index (κ3) is 3.23. The van der Waals surface area contributed by atoms with Gasteiger partial charge in [0.05, 0.1) is 6.61 Å². The largest absolute Gasteiger partial charge is 0.477 e. The van der Waals surface area contributed by atoms with Crippen LogP contribution in [0.15, 0.2) is 41.0 Å². The van der Waals surface area contributed by atoms with Gasteiger partial charge >= 0.3 is 0 Å². The number of anilines is 1. The third-order valence-corrected chi connectivity index (χ3v) is 3.10. The first-order valence-electron chi connectivity index (χ1n) is 5.75. The van der Waals surface area contributed by atoms with Crippen LogP contribution >= 0.6 is 15.9 Å². The second-order valence-electron chi connectivity index (χ2n) is 4.07. The van der Waals surface area contributed by atoms with Gasteiger partial charge in [-0.3, -0.25) is 0 Å². The van der Waals surface area contributed by atoms with Gasteiger partial charge in [0.25, 0.3) is 0 Å². The fourth-order valence-electron chi connectivity index (χ4n) is 1.70. The summed E-state index contributed by atoms with van der Waals surface area (Å²) >= 11 is 3.38. The van der Waals surface area contributed by atoms with E-state index in [1.165, 1.54) is 0 Å². The normalized spacial score (nSPS) is 10.3. The molecule has 0 atom stereocenters. The van der Waals surface area contributed by atoms with Crippen molar-refractivity contribution in [2.45, 2.75) is 13.3 Å². The van der Waals surface area contributed by atoms with E-state index in [2.05, 4.69) is 20.9 Å². The molecule has 1 aromatic carbocycles. The number of nitrogens with two attached hydrogens (primary N) is 1. The van der Waals surface area contributed by atoms with Gasteiger partial charge < -0.3 is 10.5 Å². The van der Waals surface area contributed by atoms with E-state index in [-0.39, 0.29) is 0 Å². The minimum Gasteiger partial charge on any atom is -0.477 e. The summed E-state index contributed by atoms with van der Waals surface area (Å²) in [5.74, 6) is 0.674. The Balaban J connectivity index is 1.95. The van der Waals surface area contributed by atoms with Gasteiger partial charge in [0.1, 0.15) is 0 Å². The quantitative estimate of drug-likeness (QED) is 0.881. The number of aryl methyl sites for hydroxylation is 1. The minimum atomic E-state index is 0.573. The highest BCUT2D eigenvalue weighted by Crippen LogP contribution is 2.19. The van der Waals surface area contributed by atoms with Gasteiger partial charge in [-0.2, -0.15) is 0 Å². The maximum Gasteiger partial charge on any atom is 0.216 e. The Morgan fingerprint density at radius 3 is 2.83 bits per heavy atom. The molecule has 4 heteroatoms. The second kappa shape index (κ2) is 5.87. The van der Waals surface area contributed by atoms with E-state index in [9.17, 15) is 0 Å². The average Bonchev–Trinajstić information content (AvgIpc) is 2.34. The van der Waals surface area contributed by atoms with Crippen molar-refractivity contribution in [3.05, 3.63) is 52.1 Å². The molecule has 18 heavy (non-hydrogen) atoms. The standard InChI is InChI=1S/C14H15BrN2O/c1-10-8-12(15)9-17-14(10)18-7-6-11-4-2-3-5-13(11)16/h2-5,8-9H,6-7,16H2,1H3. The highest BCUT2D eigenvalue weighted by Gasteiger charge is 2.03. The number of ether oxygens (including phenoxy) is 1. The summed E-state index contributed by atoms with van der Waals surface area (Å²) in [7, 11) is 0. The van der Waals surface area contributed by atoms with Crippen LogP contribution in [0.5, 0.6) is 5.88 Å². The summed E-state index contributed by atoms with van der Waals surface area (Å²) in [6.45, 7) is 2.55. The molecule has 0 amide bonds. The van der Waals surface area contributed by atoms with Crippen LogP contribution in [0.2, 0.25) is 0 Å². The second-order valence-corrected chi connectivity index (χ2v) is 4.99. The predicted octanol–water partition coefficient (Wildman–Crippen LogP) is 3.36. The minimum absolute atomic E-state index is 0.573. The van der Waals surface area contributed by atoms with Crippen LogP contribution in [0, 0.1) is 6.92 Å². The van der Waals surface area contributed by atoms with Crippen LogP contribution in [0.4, 0.5) is 5.69 Å². The molecule has 1 aromatic heterocycles. The number of nitrogens with zero attached hydrogens (tertiary/aromatic N) is 1. The van der Waals surface area contributed by atoms with Gasteiger partial charge in [-0.1, -0.05) is 18.2 Å². The Morgan fingerprint density at radius 1 is 1.33 bits per heavy atom. The topological polar surface area (TPSA) is 48.1 Å². The lowest BCUT2D eigenvalue weighted by Crippen LogP contribution is -2.05. The maximum atomic E-state index is 5.87. The van der Waals surface area contributed by atoms with Gasteiger partial charge in [0, 0.05) is 28.3 Å². The maximum absolute atomic E-state index is 5.87. The molecule has 0 bridgehead atoms. The zero-order valence-corrected chi connectivity index (χ0v) is 11.8. The summed E-state index contributed by atoms with van der Waals surface area (Å²) in [5.41, 5.74) is 8.80. The van der Waals surface area contributed by atoms with Crippen molar-refractivity contribution in [2.24, 2.45) is 0 Å². The molecule has 0 fully saturated rings. The lowest BCUT2D eigenvalue weighted by molar-refractivity contribution is 0.307. The Bertz CT molecular complexity index is 543. The first-order valence-corrected chi connectivity index (χ1v) is 6.54. The number of hydrogen-bond acceptors (Lipinski definition) is 3. The lowest BCUT2D eigenvalue weighted by Gasteiger charge is -2.09. The lowest BCUT2D eigenvalue weighted by atomic mass is 10.1. The van der Waals surface area contributed by atoms with Gasteiger partial charge in [0.2, 0.25) is 5.88 Å². The van der Waals surface area contributed by atoms with Crippen LogP contribution in [0.25, 0.3) is 0 Å². The number of nitrogen functional groups attached to an aromatic ring is 1. The van der Waals surface area contributed by atoms with Crippen LogP contribution in [0.3, 0.4) is 0 Å². The van der Waals surface area contributed by atoms with Crippen LogP contribution in [-0.4, -0.2) is 11.6 Å². The van der Waals surface area contributed by atoms with E-state index < -0.39 is 0 Å². The molecule has 1 heterocycles. The fourth-order valence-corrected chi connectivity index (χ4v) is 2.14. The number of benzene rings is 1. The van der Waals surface area contributed by atoms with Crippen molar-refractivity contribution in [1.29, 1.82) is 0 Å². The van der Waals surface area contributed by atoms with Crippen molar-refractivity contribution in [3.8, 4) is 5.88 Å². The molecule has 0 aliphatic heterocycles. The van der Waals surface area contributed by atoms with E-state index in [4.69, 9.17) is 10.5 Å². The van der Waals surface area contributed by atoms with Gasteiger partial charge in [-0.25, -0.2) is 4.98 Å². The summed E-state index contributed by atoms with van der Waals surface area (Å²) in [6, 6.07) is 9.81. The third-order valence-electron chi connectivity index (χ3n) is 2.66. The molecule has 2 aromatic rings. The average molecular weight is 307 g/mol. The van der Waals surface area contributed by atoms with Crippen molar-refractivity contribution in [1.82, 2.24) is 4.98 Å². The number of hydrogen-bond donors (Lipinski definition) is 1. The zero-order chi connectivity index (χ0) is 13.0. The molecular weight excluding hydrogens is 292 g/mol. The molecule has 0 saturated heterocycles. The van der Waals surface area contributed by atoms with Crippen LogP contribution in [-0.2, 0) is 6.42 Å². The molecule has 0 spiro atoms. The molecular formula is C14H15BrN2O. The molecule has 0 aliphatic rings. The van der Waals surface area contributed by atoms with E-state index in [1.54, 1.807) is 6.20 Å². The molecule has 0 radical (unpaired) electrons. The smallest absolute Gasteiger partial charge is 0.216 e. The molecule has 0 aliphatic carbocycles. The predicted molar refractivity (Wildman–Crippen MR) is 76.7 cm³/mol. The van der Waals surface area contributed by atoms with E-state index in [1.807, 2.05) is 37.3 Å². The van der Waals surface area contributed by atoms with Crippen molar-refractivity contribution in [2.75, 3.05) is 12.3 Å². The first-order chi connectivity index (χ1) is 8.66. The highest BCUT2D eigenvalue weighted by molar-refractivity contribution is 9.10. The monoisotopic (exact) mass is 306 g/mol. The summed E-state index contributed by atoms with van der Waals surface area (Å²) in [4.78, 5) is 4.23. The Kier molecular flexibility index (Phi) is 4.20. The molecule has 0 unspecified atom stereocenters. The van der Waals surface area contributed by atoms with Gasteiger partial charge in [-0.15, -0.1) is 0 Å². The summed E-state index contributed by atoms with van der Waals surface area (Å²) in [6.07, 6.45) is 2.52. The Hall–Kier alpha value is -1.55. The summed E-state index contributed by atoms with van der Waals surface area (Å²) in [5, 5.41) is 0. The number of halogens is 1. The molecule has 0 saturated carbocycles. The number of pyridine rings is 1. The Morgan fingerprint density at radius 2 is 2.11 bits per heavy atom. The van der Waals surface area contributed by atoms with E-state index in [0.717, 1.165) is 27.7 Å². The van der Waals surface area contributed by atoms with Gasteiger partial charge in [0.15, 0.2) is 0 Å².